The van der Waals surface area contributed by atoms with Crippen molar-refractivity contribution in [3.8, 4) is 0 Å². The van der Waals surface area contributed by atoms with Crippen molar-refractivity contribution in [3.63, 3.8) is 0 Å². The monoisotopic (exact) mass is 114 g/mol. The molecule has 0 aromatic rings. The quantitative estimate of drug-likeness (QED) is 0.462. The first kappa shape index (κ1) is 6.05. The van der Waals surface area contributed by atoms with E-state index in [2.05, 4.69) is 12.2 Å². The Hall–Kier alpha value is -0.0800. The fraction of sp³-hybridized carbons (Fsp3) is 0.833. The van der Waals surface area contributed by atoms with E-state index < -0.39 is 5.60 Å². The van der Waals surface area contributed by atoms with E-state index in [1.807, 2.05) is 0 Å². The summed E-state index contributed by atoms with van der Waals surface area (Å²) in [5.41, 5.74) is -0.682. The summed E-state index contributed by atoms with van der Waals surface area (Å²) in [6.07, 6.45) is 1.88. The largest absolute Gasteiger partial charge is 0.389 e. The van der Waals surface area contributed by atoms with Crippen molar-refractivity contribution < 1.29 is 5.11 Å². The maximum absolute atomic E-state index is 9.20. The summed E-state index contributed by atoms with van der Waals surface area (Å²) in [6, 6.07) is 0. The number of hydrogen-bond donors (Lipinski definition) is 2. The molecule has 1 unspecified atom stereocenters. The minimum Gasteiger partial charge on any atom is -0.389 e. The average molecular weight is 114 g/mol. The van der Waals surface area contributed by atoms with E-state index in [-0.39, 0.29) is 0 Å². The zero-order valence-corrected chi connectivity index (χ0v) is 4.98. The topological polar surface area (TPSA) is 32.3 Å². The Morgan fingerprint density at radius 3 is 2.62 bits per heavy atom. The van der Waals surface area contributed by atoms with E-state index in [4.69, 9.17) is 0 Å². The third-order valence-corrected chi connectivity index (χ3v) is 1.45. The SMILES string of the molecule is [CH2]C1(O)CCCNC1. The molecule has 0 bridgehead atoms. The molecule has 0 spiro atoms. The second-order valence-electron chi connectivity index (χ2n) is 2.50. The Kier molecular flexibility index (Phi) is 1.54. The first-order valence-electron chi connectivity index (χ1n) is 2.99. The predicted molar refractivity (Wildman–Crippen MR) is 32.4 cm³/mol. The van der Waals surface area contributed by atoms with Gasteiger partial charge in [0, 0.05) is 6.54 Å². The molecule has 0 aromatic carbocycles. The molecule has 2 nitrogen and oxygen atoms in total. The van der Waals surface area contributed by atoms with E-state index in [0.29, 0.717) is 6.54 Å². The van der Waals surface area contributed by atoms with Crippen molar-refractivity contribution in [1.29, 1.82) is 0 Å². The summed E-state index contributed by atoms with van der Waals surface area (Å²) < 4.78 is 0. The van der Waals surface area contributed by atoms with Crippen LogP contribution in [0.3, 0.4) is 0 Å². The number of hydrogen-bond acceptors (Lipinski definition) is 2. The molecule has 47 valence electrons. The molecule has 2 N–H and O–H groups in total. The summed E-state index contributed by atoms with van der Waals surface area (Å²) in [5.74, 6) is 0. The predicted octanol–water partition coefficient (Wildman–Crippen LogP) is -0.0650. The molecule has 1 heterocycles. The van der Waals surface area contributed by atoms with E-state index in [1.165, 1.54) is 0 Å². The third-order valence-electron chi connectivity index (χ3n) is 1.45. The zero-order valence-electron chi connectivity index (χ0n) is 4.98. The molecule has 1 saturated heterocycles. The molecular weight excluding hydrogens is 102 g/mol. The van der Waals surface area contributed by atoms with Gasteiger partial charge in [-0.15, -0.1) is 0 Å². The van der Waals surface area contributed by atoms with Crippen molar-refractivity contribution in [2.24, 2.45) is 0 Å². The highest BCUT2D eigenvalue weighted by Crippen LogP contribution is 2.12. The third kappa shape index (κ3) is 1.46. The van der Waals surface area contributed by atoms with E-state index in [9.17, 15) is 5.11 Å². The van der Waals surface area contributed by atoms with Crippen LogP contribution >= 0.6 is 0 Å². The summed E-state index contributed by atoms with van der Waals surface area (Å²) in [5, 5.41) is 12.3. The highest BCUT2D eigenvalue weighted by atomic mass is 16.3. The van der Waals surface area contributed by atoms with Crippen LogP contribution in [0.2, 0.25) is 0 Å². The lowest BCUT2D eigenvalue weighted by atomic mass is 9.97. The van der Waals surface area contributed by atoms with Crippen LogP contribution in [0.5, 0.6) is 0 Å². The molecule has 2 heteroatoms. The zero-order chi connectivity index (χ0) is 6.04. The van der Waals surface area contributed by atoms with Crippen LogP contribution in [0.1, 0.15) is 12.8 Å². The molecule has 1 fully saturated rings. The first-order chi connectivity index (χ1) is 3.71. The van der Waals surface area contributed by atoms with Gasteiger partial charge in [0.2, 0.25) is 0 Å². The van der Waals surface area contributed by atoms with Gasteiger partial charge in [-0.3, -0.25) is 0 Å². The van der Waals surface area contributed by atoms with Gasteiger partial charge < -0.3 is 10.4 Å². The van der Waals surface area contributed by atoms with Gasteiger partial charge in [-0.05, 0) is 26.3 Å². The molecule has 1 aliphatic heterocycles. The van der Waals surface area contributed by atoms with Crippen molar-refractivity contribution in [2.75, 3.05) is 13.1 Å². The summed E-state index contributed by atoms with van der Waals surface area (Å²) in [6.45, 7) is 5.29. The standard InChI is InChI=1S/C6H12NO/c1-6(8)3-2-4-7-5-6/h7-8H,1-5H2. The van der Waals surface area contributed by atoms with Gasteiger partial charge >= 0.3 is 0 Å². The van der Waals surface area contributed by atoms with Crippen LogP contribution in [-0.4, -0.2) is 23.8 Å². The smallest absolute Gasteiger partial charge is 0.0773 e. The molecule has 0 saturated carbocycles. The number of aliphatic hydroxyl groups is 1. The Morgan fingerprint density at radius 1 is 1.62 bits per heavy atom. The molecule has 0 amide bonds. The minimum atomic E-state index is -0.682. The maximum Gasteiger partial charge on any atom is 0.0773 e. The summed E-state index contributed by atoms with van der Waals surface area (Å²) in [7, 11) is 0. The highest BCUT2D eigenvalue weighted by molar-refractivity contribution is 4.86. The van der Waals surface area contributed by atoms with Gasteiger partial charge in [0.15, 0.2) is 0 Å². The molecule has 0 aromatic heterocycles. The van der Waals surface area contributed by atoms with Crippen molar-refractivity contribution in [3.05, 3.63) is 6.92 Å². The minimum absolute atomic E-state index is 0.646. The van der Waals surface area contributed by atoms with E-state index >= 15 is 0 Å². The van der Waals surface area contributed by atoms with Crippen LogP contribution in [-0.2, 0) is 0 Å². The normalized spacial score (nSPS) is 39.8. The van der Waals surface area contributed by atoms with E-state index in [0.717, 1.165) is 19.4 Å². The molecule has 8 heavy (non-hydrogen) atoms. The average Bonchev–Trinajstić information content (AvgIpc) is 1.65. The molecule has 1 aliphatic rings. The van der Waals surface area contributed by atoms with Crippen LogP contribution < -0.4 is 5.32 Å². The Labute approximate surface area is 49.9 Å². The van der Waals surface area contributed by atoms with Crippen molar-refractivity contribution in [2.45, 2.75) is 18.4 Å². The lowest BCUT2D eigenvalue weighted by molar-refractivity contribution is 0.0611. The van der Waals surface area contributed by atoms with Crippen molar-refractivity contribution in [1.82, 2.24) is 5.32 Å². The fourth-order valence-corrected chi connectivity index (χ4v) is 0.952. The van der Waals surface area contributed by atoms with Crippen LogP contribution in [0, 0.1) is 6.92 Å². The van der Waals surface area contributed by atoms with Gasteiger partial charge in [-0.25, -0.2) is 0 Å². The first-order valence-corrected chi connectivity index (χ1v) is 2.99. The van der Waals surface area contributed by atoms with Crippen LogP contribution in [0.4, 0.5) is 0 Å². The molecular formula is C6H12NO. The highest BCUT2D eigenvalue weighted by Gasteiger charge is 2.22. The second kappa shape index (κ2) is 2.03. The summed E-state index contributed by atoms with van der Waals surface area (Å²) in [4.78, 5) is 0. The Balaban J connectivity index is 2.33. The van der Waals surface area contributed by atoms with Crippen LogP contribution in [0.25, 0.3) is 0 Å². The molecule has 0 aliphatic carbocycles. The number of β-amino-alcohol motifs (C(OH)–C–C–N with tert-alkyl or cyclic N) is 1. The van der Waals surface area contributed by atoms with Gasteiger partial charge in [-0.2, -0.15) is 0 Å². The number of nitrogens with one attached hydrogen (secondary N) is 1. The van der Waals surface area contributed by atoms with Gasteiger partial charge in [0.1, 0.15) is 0 Å². The lowest BCUT2D eigenvalue weighted by Crippen LogP contribution is -2.43. The fourth-order valence-electron chi connectivity index (χ4n) is 0.952. The van der Waals surface area contributed by atoms with Crippen molar-refractivity contribution >= 4 is 0 Å². The summed E-state index contributed by atoms with van der Waals surface area (Å²) >= 11 is 0. The van der Waals surface area contributed by atoms with E-state index in [1.54, 1.807) is 0 Å². The maximum atomic E-state index is 9.20. The number of rotatable bonds is 0. The van der Waals surface area contributed by atoms with Crippen LogP contribution in [0.15, 0.2) is 0 Å². The molecule has 1 atom stereocenters. The second-order valence-corrected chi connectivity index (χ2v) is 2.50. The Morgan fingerprint density at radius 2 is 2.38 bits per heavy atom. The van der Waals surface area contributed by atoms with Gasteiger partial charge in [0.25, 0.3) is 0 Å². The molecule has 1 radical (unpaired) electrons. The van der Waals surface area contributed by atoms with Gasteiger partial charge in [0.05, 0.1) is 5.60 Å². The van der Waals surface area contributed by atoms with Gasteiger partial charge in [-0.1, -0.05) is 0 Å². The Bertz CT molecular complexity index is 72.6. The molecule has 1 rings (SSSR count). The lowest BCUT2D eigenvalue weighted by Gasteiger charge is -2.27. The number of piperidine rings is 1.